The van der Waals surface area contributed by atoms with Crippen molar-refractivity contribution in [1.29, 1.82) is 0 Å². The highest BCUT2D eigenvalue weighted by atomic mass is 15.2. The first-order valence-corrected chi connectivity index (χ1v) is 7.70. The molecule has 1 heterocycles. The lowest BCUT2D eigenvalue weighted by atomic mass is 9.91. The van der Waals surface area contributed by atoms with Crippen LogP contribution in [0.1, 0.15) is 32.3 Å². The average Bonchev–Trinajstić information content (AvgIpc) is 3.24. The van der Waals surface area contributed by atoms with Crippen LogP contribution in [0.25, 0.3) is 0 Å². The van der Waals surface area contributed by atoms with E-state index in [0.29, 0.717) is 11.6 Å². The summed E-state index contributed by atoms with van der Waals surface area (Å²) in [7, 11) is 0. The van der Waals surface area contributed by atoms with E-state index in [1.165, 1.54) is 37.9 Å². The standard InChI is InChI=1S/C17H26N2/c1-14(12-15-6-4-3-5-7-15)19-11-10-18-17(2,13-19)16-8-9-16/h3-7,14,16,18H,8-13H2,1-2H3. The van der Waals surface area contributed by atoms with Gasteiger partial charge in [-0.2, -0.15) is 0 Å². The summed E-state index contributed by atoms with van der Waals surface area (Å²) in [6, 6.07) is 11.5. The number of rotatable bonds is 4. The summed E-state index contributed by atoms with van der Waals surface area (Å²) in [4.78, 5) is 2.68. The summed E-state index contributed by atoms with van der Waals surface area (Å²) in [5, 5.41) is 3.76. The van der Waals surface area contributed by atoms with Gasteiger partial charge in [0.2, 0.25) is 0 Å². The number of hydrogen-bond acceptors (Lipinski definition) is 2. The van der Waals surface area contributed by atoms with Crippen LogP contribution in [0.3, 0.4) is 0 Å². The van der Waals surface area contributed by atoms with Crippen molar-refractivity contribution in [2.24, 2.45) is 5.92 Å². The molecule has 2 aliphatic rings. The van der Waals surface area contributed by atoms with Gasteiger partial charge in [0, 0.05) is 31.2 Å². The molecule has 19 heavy (non-hydrogen) atoms. The third-order valence-electron chi connectivity index (χ3n) is 4.94. The summed E-state index contributed by atoms with van der Waals surface area (Å²) < 4.78 is 0. The Balaban J connectivity index is 1.61. The molecular weight excluding hydrogens is 232 g/mol. The maximum absolute atomic E-state index is 3.76. The maximum atomic E-state index is 3.76. The number of hydrogen-bond donors (Lipinski definition) is 1. The molecule has 1 aliphatic carbocycles. The molecule has 1 saturated heterocycles. The van der Waals surface area contributed by atoms with Crippen LogP contribution in [0.2, 0.25) is 0 Å². The quantitative estimate of drug-likeness (QED) is 0.893. The minimum absolute atomic E-state index is 0.364. The van der Waals surface area contributed by atoms with E-state index in [0.717, 1.165) is 12.5 Å². The summed E-state index contributed by atoms with van der Waals surface area (Å²) >= 11 is 0. The van der Waals surface area contributed by atoms with Crippen LogP contribution in [-0.2, 0) is 6.42 Å². The molecule has 1 N–H and O–H groups in total. The second-order valence-electron chi connectivity index (χ2n) is 6.63. The monoisotopic (exact) mass is 258 g/mol. The summed E-state index contributed by atoms with van der Waals surface area (Å²) in [5.41, 5.74) is 1.82. The molecule has 2 unspecified atom stereocenters. The van der Waals surface area contributed by atoms with Gasteiger partial charge in [0.1, 0.15) is 0 Å². The zero-order valence-corrected chi connectivity index (χ0v) is 12.2. The van der Waals surface area contributed by atoms with Gasteiger partial charge in [0.25, 0.3) is 0 Å². The predicted octanol–water partition coefficient (Wildman–Crippen LogP) is 2.69. The van der Waals surface area contributed by atoms with E-state index >= 15 is 0 Å². The first-order chi connectivity index (χ1) is 9.17. The van der Waals surface area contributed by atoms with Gasteiger partial charge in [-0.3, -0.25) is 4.90 Å². The van der Waals surface area contributed by atoms with E-state index < -0.39 is 0 Å². The molecule has 1 aromatic rings. The predicted molar refractivity (Wildman–Crippen MR) is 80.3 cm³/mol. The van der Waals surface area contributed by atoms with Gasteiger partial charge < -0.3 is 5.32 Å². The van der Waals surface area contributed by atoms with Crippen molar-refractivity contribution in [2.45, 2.75) is 44.7 Å². The summed E-state index contributed by atoms with van der Waals surface area (Å²) in [5.74, 6) is 0.916. The van der Waals surface area contributed by atoms with Crippen LogP contribution >= 0.6 is 0 Å². The van der Waals surface area contributed by atoms with Gasteiger partial charge >= 0.3 is 0 Å². The van der Waals surface area contributed by atoms with Crippen molar-refractivity contribution in [3.8, 4) is 0 Å². The SMILES string of the molecule is CC(Cc1ccccc1)N1CCNC(C)(C2CC2)C1. The topological polar surface area (TPSA) is 15.3 Å². The second kappa shape index (κ2) is 5.26. The van der Waals surface area contributed by atoms with E-state index in [9.17, 15) is 0 Å². The van der Waals surface area contributed by atoms with Crippen LogP contribution in [-0.4, -0.2) is 36.1 Å². The van der Waals surface area contributed by atoms with E-state index in [1.54, 1.807) is 0 Å². The van der Waals surface area contributed by atoms with Crippen LogP contribution in [0.15, 0.2) is 30.3 Å². The number of piperazine rings is 1. The maximum Gasteiger partial charge on any atom is 0.0309 e. The van der Waals surface area contributed by atoms with Gasteiger partial charge in [-0.25, -0.2) is 0 Å². The van der Waals surface area contributed by atoms with Crippen molar-refractivity contribution in [3.63, 3.8) is 0 Å². The molecule has 2 fully saturated rings. The minimum atomic E-state index is 0.364. The molecule has 1 aliphatic heterocycles. The van der Waals surface area contributed by atoms with Crippen LogP contribution < -0.4 is 5.32 Å². The molecule has 1 saturated carbocycles. The van der Waals surface area contributed by atoms with Crippen LogP contribution in [0.5, 0.6) is 0 Å². The second-order valence-corrected chi connectivity index (χ2v) is 6.63. The molecule has 104 valence electrons. The Kier molecular flexibility index (Phi) is 3.64. The summed E-state index contributed by atoms with van der Waals surface area (Å²) in [6.07, 6.45) is 4.01. The van der Waals surface area contributed by atoms with E-state index in [2.05, 4.69) is 54.4 Å². The largest absolute Gasteiger partial charge is 0.309 e. The van der Waals surface area contributed by atoms with Gasteiger partial charge in [-0.1, -0.05) is 30.3 Å². The van der Waals surface area contributed by atoms with E-state index in [1.807, 2.05) is 0 Å². The molecule has 3 rings (SSSR count). The highest BCUT2D eigenvalue weighted by molar-refractivity contribution is 5.16. The molecule has 2 nitrogen and oxygen atoms in total. The average molecular weight is 258 g/mol. The zero-order chi connectivity index (χ0) is 13.3. The number of nitrogens with zero attached hydrogens (tertiary/aromatic N) is 1. The fourth-order valence-corrected chi connectivity index (χ4v) is 3.50. The molecule has 0 bridgehead atoms. The molecule has 0 amide bonds. The lowest BCUT2D eigenvalue weighted by molar-refractivity contribution is 0.0945. The lowest BCUT2D eigenvalue weighted by Gasteiger charge is -2.44. The van der Waals surface area contributed by atoms with E-state index in [-0.39, 0.29) is 0 Å². The molecule has 0 radical (unpaired) electrons. The molecule has 0 spiro atoms. The van der Waals surface area contributed by atoms with Crippen molar-refractivity contribution < 1.29 is 0 Å². The molecular formula is C17H26N2. The Bertz CT molecular complexity index is 413. The third kappa shape index (κ3) is 3.01. The van der Waals surface area contributed by atoms with E-state index in [4.69, 9.17) is 0 Å². The highest BCUT2D eigenvalue weighted by Gasteiger charge is 2.44. The number of benzene rings is 1. The van der Waals surface area contributed by atoms with Crippen LogP contribution in [0.4, 0.5) is 0 Å². The molecule has 2 heteroatoms. The Morgan fingerprint density at radius 3 is 2.74 bits per heavy atom. The van der Waals surface area contributed by atoms with Crippen molar-refractivity contribution in [3.05, 3.63) is 35.9 Å². The van der Waals surface area contributed by atoms with Crippen molar-refractivity contribution >= 4 is 0 Å². The Labute approximate surface area is 117 Å². The fourth-order valence-electron chi connectivity index (χ4n) is 3.50. The first-order valence-electron chi connectivity index (χ1n) is 7.70. The third-order valence-corrected chi connectivity index (χ3v) is 4.94. The zero-order valence-electron chi connectivity index (χ0n) is 12.2. The van der Waals surface area contributed by atoms with Gasteiger partial charge in [0.05, 0.1) is 0 Å². The Morgan fingerprint density at radius 2 is 2.05 bits per heavy atom. The summed E-state index contributed by atoms with van der Waals surface area (Å²) in [6.45, 7) is 8.35. The van der Waals surface area contributed by atoms with Gasteiger partial charge in [0.15, 0.2) is 0 Å². The molecule has 0 aromatic heterocycles. The smallest absolute Gasteiger partial charge is 0.0309 e. The van der Waals surface area contributed by atoms with Gasteiger partial charge in [-0.15, -0.1) is 0 Å². The van der Waals surface area contributed by atoms with Gasteiger partial charge in [-0.05, 0) is 44.6 Å². The number of nitrogens with one attached hydrogen (secondary N) is 1. The first kappa shape index (κ1) is 13.1. The molecule has 2 atom stereocenters. The fraction of sp³-hybridized carbons (Fsp3) is 0.647. The minimum Gasteiger partial charge on any atom is -0.309 e. The Hall–Kier alpha value is -0.860. The Morgan fingerprint density at radius 1 is 1.32 bits per heavy atom. The normalized spacial score (nSPS) is 30.2. The highest BCUT2D eigenvalue weighted by Crippen LogP contribution is 2.41. The lowest BCUT2D eigenvalue weighted by Crippen LogP contribution is -2.61. The van der Waals surface area contributed by atoms with Crippen molar-refractivity contribution in [2.75, 3.05) is 19.6 Å². The molecule has 1 aromatic carbocycles. The van der Waals surface area contributed by atoms with Crippen LogP contribution in [0, 0.1) is 5.92 Å². The van der Waals surface area contributed by atoms with Crippen molar-refractivity contribution in [1.82, 2.24) is 10.2 Å².